The molecule has 2 aromatic rings. The van der Waals surface area contributed by atoms with E-state index in [4.69, 9.17) is 0 Å². The molecule has 0 saturated heterocycles. The number of benzene rings is 2. The van der Waals surface area contributed by atoms with Gasteiger partial charge in [-0.2, -0.15) is 5.10 Å². The number of allylic oxidation sites excluding steroid dienone is 2. The molecule has 2 aromatic carbocycles. The zero-order valence-electron chi connectivity index (χ0n) is 17.9. The summed E-state index contributed by atoms with van der Waals surface area (Å²) in [5.74, 6) is 1.57. The molecule has 2 saturated carbocycles. The Morgan fingerprint density at radius 2 is 1.71 bits per heavy atom. The van der Waals surface area contributed by atoms with E-state index < -0.39 is 0 Å². The third kappa shape index (κ3) is 3.97. The molecule has 1 N–H and O–H groups in total. The molecule has 1 aliphatic heterocycles. The van der Waals surface area contributed by atoms with Gasteiger partial charge in [0.25, 0.3) is 0 Å². The number of likely N-dealkylation sites (N-methyl/N-ethyl adjacent to an activating group) is 1. The van der Waals surface area contributed by atoms with Crippen LogP contribution in [0.25, 0.3) is 0 Å². The molecule has 1 radical (unpaired) electrons. The van der Waals surface area contributed by atoms with Gasteiger partial charge in [-0.15, -0.1) is 5.10 Å². The van der Waals surface area contributed by atoms with Crippen LogP contribution < -0.4 is 4.90 Å². The Morgan fingerprint density at radius 3 is 2.45 bits per heavy atom. The minimum atomic E-state index is -0.0600. The summed E-state index contributed by atoms with van der Waals surface area (Å²) in [5, 5.41) is 18.3. The molecule has 163 valence electrons. The number of hydrogen-bond donors (Lipinski definition) is 1. The Hall–Kier alpha value is -2.37. The Bertz CT molecular complexity index is 1000. The van der Waals surface area contributed by atoms with Crippen LogP contribution in [0.15, 0.2) is 76.6 Å². The van der Waals surface area contributed by atoms with E-state index in [0.29, 0.717) is 5.56 Å². The van der Waals surface area contributed by atoms with Gasteiger partial charge in [0.2, 0.25) is 5.90 Å². The van der Waals surface area contributed by atoms with Crippen LogP contribution in [0.1, 0.15) is 49.7 Å². The van der Waals surface area contributed by atoms with Crippen molar-refractivity contribution < 1.29 is 21.9 Å². The Kier molecular flexibility index (Phi) is 6.35. The number of aliphatic hydroxyl groups is 1. The first-order valence-corrected chi connectivity index (χ1v) is 11.1. The van der Waals surface area contributed by atoms with E-state index in [-0.39, 0.29) is 28.1 Å². The van der Waals surface area contributed by atoms with Crippen molar-refractivity contribution in [3.63, 3.8) is 0 Å². The number of rotatable bonds is 3. The molecule has 2 aliphatic carbocycles. The minimum Gasteiger partial charge on any atom is -0.492 e. The van der Waals surface area contributed by atoms with E-state index in [9.17, 15) is 5.11 Å². The minimum absolute atomic E-state index is 0. The summed E-state index contributed by atoms with van der Waals surface area (Å²) < 4.78 is 0. The number of aliphatic hydroxyl groups excluding tert-OH is 1. The molecule has 5 heteroatoms. The van der Waals surface area contributed by atoms with Crippen molar-refractivity contribution in [3.05, 3.63) is 77.5 Å². The molecule has 4 nitrogen and oxygen atoms in total. The fourth-order valence-electron chi connectivity index (χ4n) is 6.14. The summed E-state index contributed by atoms with van der Waals surface area (Å²) in [4.78, 5) is 2.34. The smallest absolute Gasteiger partial charge is 0.238 e. The third-order valence-electron chi connectivity index (χ3n) is 7.28. The van der Waals surface area contributed by atoms with Crippen molar-refractivity contribution in [2.75, 3.05) is 11.9 Å². The number of nitrogens with zero attached hydrogens (tertiary/aromatic N) is 3. The SMILES string of the molecule is CN1\C(=C/C=N/N=C(\O)c2ccccc2)C2(CC3CCCC(C3)C2)c2ccccc21.[Co]. The molecule has 5 rings (SSSR count). The van der Waals surface area contributed by atoms with Crippen molar-refractivity contribution in [1.29, 1.82) is 0 Å². The summed E-state index contributed by atoms with van der Waals surface area (Å²) in [6.07, 6.45) is 11.8. The predicted molar refractivity (Wildman–Crippen MR) is 123 cm³/mol. The Balaban J connectivity index is 0.00000231. The van der Waals surface area contributed by atoms with E-state index in [2.05, 4.69) is 52.5 Å². The second-order valence-electron chi connectivity index (χ2n) is 9.07. The van der Waals surface area contributed by atoms with Gasteiger partial charge in [-0.1, -0.05) is 55.7 Å². The molecular formula is C26H29CoN3O. The van der Waals surface area contributed by atoms with Gasteiger partial charge in [0.15, 0.2) is 0 Å². The first-order chi connectivity index (χ1) is 14.7. The summed E-state index contributed by atoms with van der Waals surface area (Å²) in [7, 11) is 2.17. The number of hydrogen-bond acceptors (Lipinski definition) is 3. The summed E-state index contributed by atoms with van der Waals surface area (Å²) in [5.41, 5.74) is 4.85. The van der Waals surface area contributed by atoms with Crippen molar-refractivity contribution in [2.24, 2.45) is 22.0 Å². The Labute approximate surface area is 195 Å². The molecule has 31 heavy (non-hydrogen) atoms. The molecule has 1 spiro atoms. The normalized spacial score (nSPS) is 28.7. The van der Waals surface area contributed by atoms with Gasteiger partial charge in [0.05, 0.1) is 6.21 Å². The maximum Gasteiger partial charge on any atom is 0.238 e. The van der Waals surface area contributed by atoms with Crippen LogP contribution in [-0.2, 0) is 22.2 Å². The van der Waals surface area contributed by atoms with Crippen LogP contribution >= 0.6 is 0 Å². The van der Waals surface area contributed by atoms with Gasteiger partial charge in [0.1, 0.15) is 0 Å². The van der Waals surface area contributed by atoms with Gasteiger partial charge in [-0.3, -0.25) is 0 Å². The van der Waals surface area contributed by atoms with Crippen LogP contribution in [0.5, 0.6) is 0 Å². The van der Waals surface area contributed by atoms with Gasteiger partial charge >= 0.3 is 0 Å². The fraction of sp³-hybridized carbons (Fsp3) is 0.385. The average Bonchev–Trinajstić information content (AvgIpc) is 2.99. The molecule has 2 atom stereocenters. The largest absolute Gasteiger partial charge is 0.492 e. The van der Waals surface area contributed by atoms with Crippen LogP contribution in [0.4, 0.5) is 5.69 Å². The van der Waals surface area contributed by atoms with Gasteiger partial charge in [-0.25, -0.2) is 0 Å². The van der Waals surface area contributed by atoms with Gasteiger partial charge < -0.3 is 10.0 Å². The second-order valence-corrected chi connectivity index (χ2v) is 9.07. The summed E-state index contributed by atoms with van der Waals surface area (Å²) >= 11 is 0. The standard InChI is InChI=1S/C26H29N3O.Co/c1-29-23-13-6-5-12-22(23)26(17-19-8-7-9-20(16-19)18-26)24(29)14-15-27-28-25(30)21-10-3-2-4-11-21;/h2-6,10-15,19-20H,7-9,16-18H2,1H3,(H,28,30);/b24-14-,27-15+;. The van der Waals surface area contributed by atoms with Gasteiger partial charge in [0, 0.05) is 46.2 Å². The maximum absolute atomic E-state index is 10.2. The second kappa shape index (κ2) is 9.01. The molecule has 2 bridgehead atoms. The van der Waals surface area contributed by atoms with E-state index in [1.165, 1.54) is 55.5 Å². The molecule has 1 heterocycles. The molecule has 2 fully saturated rings. The topological polar surface area (TPSA) is 48.2 Å². The number of para-hydroxylation sites is 1. The Morgan fingerprint density at radius 1 is 1.03 bits per heavy atom. The first kappa shape index (κ1) is 21.8. The quantitative estimate of drug-likeness (QED) is 0.357. The van der Waals surface area contributed by atoms with Crippen LogP contribution in [0, 0.1) is 11.8 Å². The molecule has 0 amide bonds. The van der Waals surface area contributed by atoms with Crippen LogP contribution in [0.2, 0.25) is 0 Å². The molecule has 2 unspecified atom stereocenters. The zero-order valence-corrected chi connectivity index (χ0v) is 18.9. The fourth-order valence-corrected chi connectivity index (χ4v) is 6.14. The zero-order chi connectivity index (χ0) is 20.6. The average molecular weight is 458 g/mol. The summed E-state index contributed by atoms with van der Waals surface area (Å²) in [6, 6.07) is 18.2. The molecular weight excluding hydrogens is 429 g/mol. The van der Waals surface area contributed by atoms with Gasteiger partial charge in [-0.05, 0) is 60.9 Å². The van der Waals surface area contributed by atoms with Crippen LogP contribution in [0.3, 0.4) is 0 Å². The van der Waals surface area contributed by atoms with Crippen molar-refractivity contribution in [2.45, 2.75) is 43.9 Å². The first-order valence-electron chi connectivity index (χ1n) is 11.1. The van der Waals surface area contributed by atoms with Crippen LogP contribution in [-0.4, -0.2) is 24.3 Å². The summed E-state index contributed by atoms with van der Waals surface area (Å²) in [6.45, 7) is 0. The van der Waals surface area contributed by atoms with Crippen molar-refractivity contribution in [3.8, 4) is 0 Å². The number of anilines is 1. The van der Waals surface area contributed by atoms with E-state index >= 15 is 0 Å². The third-order valence-corrected chi connectivity index (χ3v) is 7.28. The molecule has 0 aromatic heterocycles. The van der Waals surface area contributed by atoms with E-state index in [1.54, 1.807) is 6.21 Å². The van der Waals surface area contributed by atoms with Crippen molar-refractivity contribution >= 4 is 17.8 Å². The van der Waals surface area contributed by atoms with E-state index in [1.807, 2.05) is 30.3 Å². The van der Waals surface area contributed by atoms with E-state index in [0.717, 1.165) is 11.8 Å². The number of fused-ring (bicyclic) bond motifs is 4. The maximum atomic E-state index is 10.2. The van der Waals surface area contributed by atoms with Crippen molar-refractivity contribution in [1.82, 2.24) is 0 Å². The monoisotopic (exact) mass is 458 g/mol. The molecule has 3 aliphatic rings. The predicted octanol–water partition coefficient (Wildman–Crippen LogP) is 5.85.